The molecule has 0 fully saturated rings. The normalized spacial score (nSPS) is 14.3. The molecule has 6 aromatic heterocycles. The summed E-state index contributed by atoms with van der Waals surface area (Å²) in [7, 11) is 0. The van der Waals surface area contributed by atoms with Crippen molar-refractivity contribution in [3.8, 4) is 51.8 Å². The smallest absolute Gasteiger partial charge is 0.128 e. The number of thiophene rings is 2. The highest BCUT2D eigenvalue weighted by molar-refractivity contribution is 7.26. The molecule has 0 bridgehead atoms. The van der Waals surface area contributed by atoms with E-state index in [4.69, 9.17) is 38.9 Å². The third-order valence-electron chi connectivity index (χ3n) is 13.7. The Labute approximate surface area is 403 Å². The summed E-state index contributed by atoms with van der Waals surface area (Å²) in [5.41, 5.74) is 27.6. The topological polar surface area (TPSA) is 129 Å². The highest BCUT2D eigenvalue weighted by atomic mass is 32.1. The lowest BCUT2D eigenvalue weighted by molar-refractivity contribution is 0.266. The van der Waals surface area contributed by atoms with Crippen molar-refractivity contribution in [2.24, 2.45) is 11.8 Å². The van der Waals surface area contributed by atoms with Crippen molar-refractivity contribution in [2.45, 2.75) is 97.3 Å². The van der Waals surface area contributed by atoms with Crippen LogP contribution in [-0.2, 0) is 5.41 Å². The van der Waals surface area contributed by atoms with E-state index in [0.29, 0.717) is 23.2 Å². The van der Waals surface area contributed by atoms with E-state index in [1.54, 1.807) is 22.7 Å². The second-order valence-electron chi connectivity index (χ2n) is 17.7. The highest BCUT2D eigenvalue weighted by Gasteiger charge is 2.48. The van der Waals surface area contributed by atoms with Crippen molar-refractivity contribution in [3.63, 3.8) is 0 Å². The number of para-hydroxylation sites is 2. The monoisotopic (exact) mass is 966 g/mol. The van der Waals surface area contributed by atoms with Crippen LogP contribution < -0.4 is 11.5 Å². The zero-order valence-electron chi connectivity index (χ0n) is 36.9. The van der Waals surface area contributed by atoms with E-state index in [-0.39, 0.29) is 5.41 Å². The molecule has 0 amide bonds. The van der Waals surface area contributed by atoms with E-state index in [2.05, 4.69) is 88.4 Å². The minimum absolute atomic E-state index is 0.158. The predicted octanol–water partition coefficient (Wildman–Crippen LogP) is 16.4. The van der Waals surface area contributed by atoms with Crippen LogP contribution in [0.4, 0.5) is 11.4 Å². The molecule has 0 spiro atoms. The van der Waals surface area contributed by atoms with Crippen LogP contribution in [0.25, 0.3) is 94.3 Å². The molecule has 1 aliphatic rings. The average molecular weight is 967 g/mol. The van der Waals surface area contributed by atoms with E-state index >= 15 is 0 Å². The number of nitrogens with zero attached hydrogens (tertiary/aromatic N) is 6. The minimum Gasteiger partial charge on any atom is -0.398 e. The van der Waals surface area contributed by atoms with Gasteiger partial charge in [-0.25, -0.2) is 9.97 Å². The second kappa shape index (κ2) is 17.5. The summed E-state index contributed by atoms with van der Waals surface area (Å²) >= 11 is 9.61. The van der Waals surface area contributed by atoms with E-state index in [0.717, 1.165) is 100 Å². The molecule has 0 radical (unpaired) electrons. The molecule has 0 saturated heterocycles. The number of fused-ring (bicyclic) bond motifs is 7. The highest BCUT2D eigenvalue weighted by Crippen LogP contribution is 2.63. The number of nitrogen functional groups attached to an aromatic ring is 2. The Bertz CT molecular complexity index is 3080. The Hall–Kier alpha value is -4.70. The number of anilines is 2. The fraction of sp³-hybridized carbons (Fsp3) is 0.333. The molecule has 10 aromatic rings. The Kier molecular flexibility index (Phi) is 11.6. The molecule has 0 saturated carbocycles. The number of hydrogen-bond acceptors (Lipinski definition) is 14. The van der Waals surface area contributed by atoms with E-state index in [1.165, 1.54) is 92.6 Å². The van der Waals surface area contributed by atoms with Crippen molar-refractivity contribution in [3.05, 3.63) is 83.9 Å². The molecule has 1 aliphatic carbocycles. The SMILES string of the molecule is CCCCC(CC)CC1(CC(CC)CCCC)c2cc(-c3cc(N)c(-c4nc5ccccc5s4)c4nsnc34)sc2-c2sc(-c3cc(N)c(-c4nc5ccccc5s4)c4nsnc34)cc21. The van der Waals surface area contributed by atoms with Crippen LogP contribution in [-0.4, -0.2) is 27.5 Å². The molecular weight excluding hydrogens is 917 g/mol. The summed E-state index contributed by atoms with van der Waals surface area (Å²) in [6, 6.07) is 25.9. The number of aromatic nitrogens is 6. The Morgan fingerprint density at radius 2 is 0.969 bits per heavy atom. The lowest BCUT2D eigenvalue weighted by Crippen LogP contribution is -2.31. The van der Waals surface area contributed by atoms with E-state index in [1.807, 2.05) is 34.8 Å². The number of nitrogens with two attached hydrogens (primary N) is 2. The van der Waals surface area contributed by atoms with Crippen molar-refractivity contribution < 1.29 is 0 Å². The molecule has 2 unspecified atom stereocenters. The maximum Gasteiger partial charge on any atom is 0.128 e. The molecule has 14 heteroatoms. The first-order valence-corrected chi connectivity index (χ1v) is 27.7. The molecule has 65 heavy (non-hydrogen) atoms. The van der Waals surface area contributed by atoms with Crippen LogP contribution in [0.1, 0.15) is 103 Å². The summed E-state index contributed by atoms with van der Waals surface area (Å²) in [5.74, 6) is 1.20. The van der Waals surface area contributed by atoms with Crippen LogP contribution in [0.15, 0.2) is 72.8 Å². The first-order chi connectivity index (χ1) is 31.8. The standard InChI is InChI=1S/C51H50N8S6/c1-5-9-15-27(7-3)25-51(26-28(8-4)16-10-6-2)31-23-39(29-21-33(52)41(45-43(29)56-64-58-45)49-54-35-17-11-13-19-37(35)62-49)60-47(31)48-32(51)24-40(61-48)30-22-34(53)42(46-44(30)57-65-59-46)50-55-36-18-12-14-20-38(36)63-50/h11-14,17-24,27-28H,5-10,15-16,25-26,52-53H2,1-4H3. The van der Waals surface area contributed by atoms with Crippen LogP contribution in [0.2, 0.25) is 0 Å². The van der Waals surface area contributed by atoms with Gasteiger partial charge in [-0.1, -0.05) is 103 Å². The van der Waals surface area contributed by atoms with Gasteiger partial charge in [-0.2, -0.15) is 17.5 Å². The summed E-state index contributed by atoms with van der Waals surface area (Å²) < 4.78 is 22.0. The van der Waals surface area contributed by atoms with Gasteiger partial charge in [0.05, 0.1) is 55.0 Å². The van der Waals surface area contributed by atoms with E-state index in [9.17, 15) is 0 Å². The molecule has 2 atom stereocenters. The van der Waals surface area contributed by atoms with Crippen molar-refractivity contribution in [1.29, 1.82) is 0 Å². The zero-order valence-corrected chi connectivity index (χ0v) is 41.8. The van der Waals surface area contributed by atoms with Gasteiger partial charge in [0.1, 0.15) is 32.1 Å². The third-order valence-corrected chi connectivity index (χ3v) is 19.4. The Balaban J connectivity index is 1.10. The maximum atomic E-state index is 7.09. The third kappa shape index (κ3) is 7.30. The van der Waals surface area contributed by atoms with Crippen molar-refractivity contribution in [2.75, 3.05) is 11.5 Å². The molecule has 4 aromatic carbocycles. The van der Waals surface area contributed by atoms with Gasteiger partial charge in [-0.3, -0.25) is 0 Å². The van der Waals surface area contributed by atoms with Crippen LogP contribution in [0, 0.1) is 11.8 Å². The lowest BCUT2D eigenvalue weighted by Gasteiger charge is -2.37. The fourth-order valence-electron chi connectivity index (χ4n) is 10.3. The van der Waals surface area contributed by atoms with Gasteiger partial charge in [-0.05, 0) is 84.3 Å². The number of benzene rings is 4. The predicted molar refractivity (Wildman–Crippen MR) is 283 cm³/mol. The first-order valence-electron chi connectivity index (χ1n) is 22.9. The molecule has 6 heterocycles. The quantitative estimate of drug-likeness (QED) is 0.0916. The lowest BCUT2D eigenvalue weighted by atomic mass is 9.65. The molecule has 330 valence electrons. The van der Waals surface area contributed by atoms with Gasteiger partial charge < -0.3 is 11.5 Å². The number of rotatable bonds is 16. The average Bonchev–Trinajstić information content (AvgIpc) is 4.18. The van der Waals surface area contributed by atoms with Gasteiger partial charge in [0, 0.05) is 47.4 Å². The molecule has 8 nitrogen and oxygen atoms in total. The summed E-state index contributed by atoms with van der Waals surface area (Å²) in [4.78, 5) is 15.2. The second-order valence-corrected chi connectivity index (χ2v) is 22.9. The van der Waals surface area contributed by atoms with E-state index < -0.39 is 0 Å². The molecule has 0 aliphatic heterocycles. The fourth-order valence-corrected chi connectivity index (χ4v) is 16.3. The van der Waals surface area contributed by atoms with Crippen molar-refractivity contribution >= 4 is 123 Å². The molecular formula is C51H50N8S6. The number of unbranched alkanes of at least 4 members (excludes halogenated alkanes) is 2. The van der Waals surface area contributed by atoms with Gasteiger partial charge in [-0.15, -0.1) is 45.3 Å². The Morgan fingerprint density at radius 3 is 1.38 bits per heavy atom. The largest absolute Gasteiger partial charge is 0.398 e. The first kappa shape index (κ1) is 42.9. The molecule has 11 rings (SSSR count). The summed E-state index contributed by atoms with van der Waals surface area (Å²) in [6.45, 7) is 9.46. The summed E-state index contributed by atoms with van der Waals surface area (Å²) in [6.07, 6.45) is 12.0. The number of hydrogen-bond donors (Lipinski definition) is 2. The zero-order chi connectivity index (χ0) is 44.4. The van der Waals surface area contributed by atoms with Gasteiger partial charge in [0.15, 0.2) is 0 Å². The number of thiazole rings is 2. The minimum atomic E-state index is -0.158. The molecule has 4 N–H and O–H groups in total. The van der Waals surface area contributed by atoms with Gasteiger partial charge >= 0.3 is 0 Å². The van der Waals surface area contributed by atoms with Crippen LogP contribution in [0.5, 0.6) is 0 Å². The van der Waals surface area contributed by atoms with Crippen LogP contribution in [0.3, 0.4) is 0 Å². The van der Waals surface area contributed by atoms with Gasteiger partial charge in [0.25, 0.3) is 0 Å². The Morgan fingerprint density at radius 1 is 0.538 bits per heavy atom. The van der Waals surface area contributed by atoms with Crippen LogP contribution >= 0.6 is 68.8 Å². The summed E-state index contributed by atoms with van der Waals surface area (Å²) in [5, 5.41) is 1.76. The van der Waals surface area contributed by atoms with Crippen molar-refractivity contribution in [1.82, 2.24) is 27.5 Å². The maximum absolute atomic E-state index is 7.09. The van der Waals surface area contributed by atoms with Gasteiger partial charge in [0.2, 0.25) is 0 Å².